The van der Waals surface area contributed by atoms with Crippen molar-refractivity contribution in [2.45, 2.75) is 38.1 Å². The average Bonchev–Trinajstić information content (AvgIpc) is 3.52. The number of imidazole rings is 1. The molecule has 5 rings (SSSR count). The predicted molar refractivity (Wildman–Crippen MR) is 130 cm³/mol. The standard InChI is InChI=1S/C27H26N4O3/c32-26(29-16-14-21-5-3-4-15-28-21)19-10-8-18(9-11-19)25-30-23-17-20(27(33)34)12-13-24(23)31(25)22-6-1-2-7-22/h3-5,8-13,15,17,22H,1-2,6-7,14,16H2,(H,29,32)(H,33,34). The molecule has 1 aliphatic carbocycles. The fraction of sp³-hybridized carbons (Fsp3) is 0.259. The Balaban J connectivity index is 1.39. The second-order valence-electron chi connectivity index (χ2n) is 8.66. The third kappa shape index (κ3) is 4.41. The lowest BCUT2D eigenvalue weighted by molar-refractivity contribution is 0.0696. The van der Waals surface area contributed by atoms with E-state index < -0.39 is 5.97 Å². The molecule has 2 heterocycles. The van der Waals surface area contributed by atoms with Crippen LogP contribution in [0, 0.1) is 0 Å². The summed E-state index contributed by atoms with van der Waals surface area (Å²) < 4.78 is 2.25. The van der Waals surface area contributed by atoms with Gasteiger partial charge in [-0.25, -0.2) is 9.78 Å². The molecule has 0 spiro atoms. The van der Waals surface area contributed by atoms with Crippen LogP contribution in [0.25, 0.3) is 22.4 Å². The number of nitrogens with one attached hydrogen (secondary N) is 1. The molecule has 2 aromatic carbocycles. The molecule has 0 atom stereocenters. The molecule has 34 heavy (non-hydrogen) atoms. The number of fused-ring (bicyclic) bond motifs is 1. The normalized spacial score (nSPS) is 13.9. The molecule has 172 valence electrons. The quantitative estimate of drug-likeness (QED) is 0.415. The van der Waals surface area contributed by atoms with Crippen LogP contribution in [-0.4, -0.2) is 38.1 Å². The van der Waals surface area contributed by atoms with Gasteiger partial charge in [-0.2, -0.15) is 0 Å². The van der Waals surface area contributed by atoms with Crippen molar-refractivity contribution in [3.63, 3.8) is 0 Å². The van der Waals surface area contributed by atoms with E-state index in [2.05, 4.69) is 14.9 Å². The van der Waals surface area contributed by atoms with Gasteiger partial charge < -0.3 is 15.0 Å². The van der Waals surface area contributed by atoms with Crippen LogP contribution >= 0.6 is 0 Å². The van der Waals surface area contributed by atoms with E-state index in [4.69, 9.17) is 4.98 Å². The number of hydrogen-bond acceptors (Lipinski definition) is 4. The molecule has 1 saturated carbocycles. The molecule has 2 aromatic heterocycles. The molecular formula is C27H26N4O3. The topological polar surface area (TPSA) is 97.1 Å². The van der Waals surface area contributed by atoms with Gasteiger partial charge in [0.2, 0.25) is 0 Å². The number of carboxylic acid groups (broad SMARTS) is 1. The number of rotatable bonds is 7. The van der Waals surface area contributed by atoms with E-state index in [9.17, 15) is 14.7 Å². The van der Waals surface area contributed by atoms with Crippen LogP contribution in [0.15, 0.2) is 66.9 Å². The van der Waals surface area contributed by atoms with Crippen LogP contribution in [0.4, 0.5) is 0 Å². The summed E-state index contributed by atoms with van der Waals surface area (Å²) in [6.07, 6.45) is 6.93. The SMILES string of the molecule is O=C(O)c1ccc2c(c1)nc(-c1ccc(C(=O)NCCc3ccccn3)cc1)n2C1CCCC1. The zero-order valence-electron chi connectivity index (χ0n) is 18.8. The summed E-state index contributed by atoms with van der Waals surface area (Å²) in [5.74, 6) is -0.276. The number of hydrogen-bond donors (Lipinski definition) is 2. The Morgan fingerprint density at radius 3 is 2.47 bits per heavy atom. The van der Waals surface area contributed by atoms with E-state index in [1.807, 2.05) is 48.5 Å². The molecule has 0 bridgehead atoms. The Morgan fingerprint density at radius 1 is 1.00 bits per heavy atom. The lowest BCUT2D eigenvalue weighted by atomic mass is 10.1. The van der Waals surface area contributed by atoms with Gasteiger partial charge in [-0.3, -0.25) is 9.78 Å². The van der Waals surface area contributed by atoms with Gasteiger partial charge in [0.05, 0.1) is 16.6 Å². The van der Waals surface area contributed by atoms with Crippen LogP contribution in [0.1, 0.15) is 58.1 Å². The van der Waals surface area contributed by atoms with Gasteiger partial charge in [-0.05, 0) is 55.3 Å². The van der Waals surface area contributed by atoms with Crippen molar-refractivity contribution in [2.75, 3.05) is 6.54 Å². The summed E-state index contributed by atoms with van der Waals surface area (Å²) in [4.78, 5) is 33.1. The summed E-state index contributed by atoms with van der Waals surface area (Å²) >= 11 is 0. The summed E-state index contributed by atoms with van der Waals surface area (Å²) in [6, 6.07) is 18.7. The zero-order chi connectivity index (χ0) is 23.5. The summed E-state index contributed by atoms with van der Waals surface area (Å²) in [5.41, 5.74) is 4.29. The van der Waals surface area contributed by atoms with E-state index in [0.29, 0.717) is 30.1 Å². The third-order valence-electron chi connectivity index (χ3n) is 6.42. The second kappa shape index (κ2) is 9.47. The van der Waals surface area contributed by atoms with Crippen molar-refractivity contribution >= 4 is 22.9 Å². The van der Waals surface area contributed by atoms with Crippen molar-refractivity contribution in [1.29, 1.82) is 0 Å². The van der Waals surface area contributed by atoms with E-state index in [-0.39, 0.29) is 11.5 Å². The van der Waals surface area contributed by atoms with Crippen LogP contribution < -0.4 is 5.32 Å². The molecule has 7 heteroatoms. The highest BCUT2D eigenvalue weighted by atomic mass is 16.4. The van der Waals surface area contributed by atoms with Gasteiger partial charge in [-0.15, -0.1) is 0 Å². The highest BCUT2D eigenvalue weighted by Gasteiger charge is 2.24. The molecule has 7 nitrogen and oxygen atoms in total. The number of carboxylic acids is 1. The first kappa shape index (κ1) is 21.8. The molecule has 0 unspecified atom stereocenters. The summed E-state index contributed by atoms with van der Waals surface area (Å²) in [5, 5.41) is 12.3. The van der Waals surface area contributed by atoms with Crippen molar-refractivity contribution in [3.8, 4) is 11.4 Å². The maximum absolute atomic E-state index is 12.6. The lowest BCUT2D eigenvalue weighted by Crippen LogP contribution is -2.25. The van der Waals surface area contributed by atoms with Crippen LogP contribution in [0.3, 0.4) is 0 Å². The number of aromatic nitrogens is 3. The second-order valence-corrected chi connectivity index (χ2v) is 8.66. The van der Waals surface area contributed by atoms with Crippen molar-refractivity contribution in [2.24, 2.45) is 0 Å². The minimum Gasteiger partial charge on any atom is -0.478 e. The summed E-state index contributed by atoms with van der Waals surface area (Å²) in [7, 11) is 0. The minimum atomic E-state index is -0.961. The molecule has 0 saturated heterocycles. The van der Waals surface area contributed by atoms with E-state index >= 15 is 0 Å². The minimum absolute atomic E-state index is 0.127. The molecule has 1 amide bonds. The Morgan fingerprint density at radius 2 is 1.76 bits per heavy atom. The van der Waals surface area contributed by atoms with E-state index in [0.717, 1.165) is 35.4 Å². The number of nitrogens with zero attached hydrogens (tertiary/aromatic N) is 3. The first-order valence-corrected chi connectivity index (χ1v) is 11.6. The molecule has 2 N–H and O–H groups in total. The Bertz CT molecular complexity index is 1320. The maximum atomic E-state index is 12.6. The lowest BCUT2D eigenvalue weighted by Gasteiger charge is -2.16. The number of pyridine rings is 1. The fourth-order valence-corrected chi connectivity index (χ4v) is 4.69. The highest BCUT2D eigenvalue weighted by molar-refractivity contribution is 5.95. The van der Waals surface area contributed by atoms with E-state index in [1.165, 1.54) is 12.8 Å². The number of carbonyl (C=O) groups excluding carboxylic acids is 1. The van der Waals surface area contributed by atoms with Gasteiger partial charge in [-0.1, -0.05) is 31.0 Å². The number of carbonyl (C=O) groups is 2. The summed E-state index contributed by atoms with van der Waals surface area (Å²) in [6.45, 7) is 0.515. The first-order valence-electron chi connectivity index (χ1n) is 11.6. The van der Waals surface area contributed by atoms with Crippen LogP contribution in [-0.2, 0) is 6.42 Å². The van der Waals surface area contributed by atoms with Gasteiger partial charge in [0.25, 0.3) is 5.91 Å². The number of benzene rings is 2. The smallest absolute Gasteiger partial charge is 0.335 e. The number of amides is 1. The number of aromatic carboxylic acids is 1. The van der Waals surface area contributed by atoms with E-state index in [1.54, 1.807) is 18.3 Å². The molecule has 0 radical (unpaired) electrons. The van der Waals surface area contributed by atoms with Gasteiger partial charge in [0.1, 0.15) is 5.82 Å². The van der Waals surface area contributed by atoms with Gasteiger partial charge in [0.15, 0.2) is 0 Å². The average molecular weight is 455 g/mol. The fourth-order valence-electron chi connectivity index (χ4n) is 4.69. The Labute approximate surface area is 197 Å². The molecule has 1 aliphatic rings. The molecule has 1 fully saturated rings. The predicted octanol–water partition coefficient (Wildman–Crippen LogP) is 4.88. The monoisotopic (exact) mass is 454 g/mol. The molecular weight excluding hydrogens is 428 g/mol. The Kier molecular flexibility index (Phi) is 6.08. The molecule has 0 aliphatic heterocycles. The van der Waals surface area contributed by atoms with Crippen molar-refractivity contribution < 1.29 is 14.7 Å². The van der Waals surface area contributed by atoms with Crippen LogP contribution in [0.2, 0.25) is 0 Å². The highest BCUT2D eigenvalue weighted by Crippen LogP contribution is 2.37. The van der Waals surface area contributed by atoms with Crippen molar-refractivity contribution in [3.05, 3.63) is 83.7 Å². The maximum Gasteiger partial charge on any atom is 0.335 e. The Hall–Kier alpha value is -4.00. The van der Waals surface area contributed by atoms with Gasteiger partial charge >= 0.3 is 5.97 Å². The zero-order valence-corrected chi connectivity index (χ0v) is 18.8. The molecule has 4 aromatic rings. The first-order chi connectivity index (χ1) is 16.6. The van der Waals surface area contributed by atoms with Gasteiger partial charge in [0, 0.05) is 42.0 Å². The largest absolute Gasteiger partial charge is 0.478 e. The van der Waals surface area contributed by atoms with Crippen LogP contribution in [0.5, 0.6) is 0 Å². The van der Waals surface area contributed by atoms with Crippen molar-refractivity contribution in [1.82, 2.24) is 19.9 Å². The third-order valence-corrected chi connectivity index (χ3v) is 6.42.